The molecular weight excluding hydrogens is 549 g/mol. The van der Waals surface area contributed by atoms with Crippen LogP contribution in [0.15, 0.2) is 0 Å². The van der Waals surface area contributed by atoms with Gasteiger partial charge in [-0.1, -0.05) is 77.6 Å². The zero-order valence-electron chi connectivity index (χ0n) is 20.9. The van der Waals surface area contributed by atoms with Crippen molar-refractivity contribution in [1.82, 2.24) is 0 Å². The van der Waals surface area contributed by atoms with Gasteiger partial charge in [-0.2, -0.15) is 13.2 Å². The first kappa shape index (κ1) is 39.0. The van der Waals surface area contributed by atoms with E-state index in [0.29, 0.717) is 12.3 Å². The molecule has 0 aromatic carbocycles. The second kappa shape index (κ2) is 19.5. The number of alkyl halides is 3. The first-order valence-electron chi connectivity index (χ1n) is 10.2. The fourth-order valence-electron chi connectivity index (χ4n) is 3.87. The minimum absolute atomic E-state index is 0. The van der Waals surface area contributed by atoms with Crippen LogP contribution in [0.1, 0.15) is 93.2 Å². The molecule has 2 aliphatic carbocycles. The molecule has 2 fully saturated rings. The van der Waals surface area contributed by atoms with Gasteiger partial charge in [0.05, 0.1) is 10.0 Å². The van der Waals surface area contributed by atoms with Crippen LogP contribution >= 0.6 is 0 Å². The van der Waals surface area contributed by atoms with Gasteiger partial charge in [-0.05, 0) is 24.7 Å². The van der Waals surface area contributed by atoms with E-state index in [0.717, 1.165) is 31.6 Å². The van der Waals surface area contributed by atoms with Gasteiger partial charge in [0.2, 0.25) is 0 Å². The fourth-order valence-corrected chi connectivity index (χ4v) is 6.24. The summed E-state index contributed by atoms with van der Waals surface area (Å²) in [6.07, 6.45) is 15.2. The van der Waals surface area contributed by atoms with Crippen molar-refractivity contribution < 1.29 is 153 Å². The monoisotopic (exact) mass is 584 g/mol. The van der Waals surface area contributed by atoms with E-state index < -0.39 is 31.3 Å². The summed E-state index contributed by atoms with van der Waals surface area (Å²) >= 11 is 0. The summed E-state index contributed by atoms with van der Waals surface area (Å²) in [7, 11) is -10.6. The molecule has 0 saturated heterocycles. The molecule has 0 heterocycles. The molecular formula is C18H35F3FeK2NO4S2-. The van der Waals surface area contributed by atoms with Crippen LogP contribution in [0.25, 0.3) is 4.13 Å². The molecule has 31 heavy (non-hydrogen) atoms. The van der Waals surface area contributed by atoms with Gasteiger partial charge in [-0.15, -0.1) is 0 Å². The summed E-state index contributed by atoms with van der Waals surface area (Å²) in [6.45, 7) is 2.29. The maximum absolute atomic E-state index is 12.0. The normalized spacial score (nSPS) is 17.7. The van der Waals surface area contributed by atoms with Gasteiger partial charge in [-0.3, -0.25) is 0 Å². The van der Waals surface area contributed by atoms with E-state index in [9.17, 15) is 30.0 Å². The Kier molecular flexibility index (Phi) is 24.6. The maximum atomic E-state index is 12.0. The first-order valence-corrected chi connectivity index (χ1v) is 13.3. The molecule has 0 unspecified atom stereocenters. The van der Waals surface area contributed by atoms with Crippen molar-refractivity contribution in [3.05, 3.63) is 4.13 Å². The number of sulfonamides is 2. The van der Waals surface area contributed by atoms with Crippen LogP contribution in [0, 0.1) is 11.8 Å². The van der Waals surface area contributed by atoms with Gasteiger partial charge in [0.25, 0.3) is 0 Å². The second-order valence-corrected chi connectivity index (χ2v) is 11.4. The Hall–Kier alpha value is 3.44. The van der Waals surface area contributed by atoms with E-state index in [2.05, 4.69) is 6.92 Å². The van der Waals surface area contributed by atoms with E-state index in [1.165, 1.54) is 44.9 Å². The van der Waals surface area contributed by atoms with E-state index in [1.807, 2.05) is 4.13 Å². The topological polar surface area (TPSA) is 82.4 Å². The predicted octanol–water partition coefficient (Wildman–Crippen LogP) is 0.107. The summed E-state index contributed by atoms with van der Waals surface area (Å²) < 4.78 is 81.6. The Morgan fingerprint density at radius 2 is 1.23 bits per heavy atom. The predicted molar refractivity (Wildman–Crippen MR) is 107 cm³/mol. The van der Waals surface area contributed by atoms with Gasteiger partial charge >= 0.3 is 108 Å². The molecule has 0 aromatic heterocycles. The SMILES string of the molecule is CCCCC1CCCC1.O=S(=O)(CCCC1CCCC1)[N-]S(=O)(=O)C(F)(F)F.[Fe].[H-].[H-].[K+].[K+]. The van der Waals surface area contributed by atoms with Crippen molar-refractivity contribution in [3.63, 3.8) is 0 Å². The smallest absolute Gasteiger partial charge is 1.00 e. The quantitative estimate of drug-likeness (QED) is 0.361. The summed E-state index contributed by atoms with van der Waals surface area (Å²) in [5.41, 5.74) is -5.68. The van der Waals surface area contributed by atoms with Gasteiger partial charge in [0.15, 0.2) is 10.0 Å². The van der Waals surface area contributed by atoms with Crippen molar-refractivity contribution in [1.29, 1.82) is 0 Å². The third-order valence-electron chi connectivity index (χ3n) is 5.43. The minimum atomic E-state index is -5.97. The molecule has 0 spiro atoms. The Morgan fingerprint density at radius 1 is 0.839 bits per heavy atom. The fraction of sp³-hybridized carbons (Fsp3) is 1.00. The molecule has 0 bridgehead atoms. The van der Waals surface area contributed by atoms with Crippen molar-refractivity contribution in [3.8, 4) is 0 Å². The molecule has 2 rings (SSSR count). The van der Waals surface area contributed by atoms with Crippen LogP contribution in [0.2, 0.25) is 0 Å². The van der Waals surface area contributed by atoms with Crippen molar-refractivity contribution in [2.24, 2.45) is 11.8 Å². The second-order valence-electron chi connectivity index (χ2n) is 7.87. The largest absolute Gasteiger partial charge is 1.00 e. The maximum Gasteiger partial charge on any atom is 1.00 e. The molecule has 180 valence electrons. The molecule has 0 atom stereocenters. The van der Waals surface area contributed by atoms with Crippen molar-refractivity contribution >= 4 is 20.0 Å². The van der Waals surface area contributed by atoms with E-state index >= 15 is 0 Å². The van der Waals surface area contributed by atoms with Crippen LogP contribution in [-0.4, -0.2) is 28.1 Å². The number of hydrogen-bond acceptors (Lipinski definition) is 4. The molecule has 2 aliphatic rings. The van der Waals surface area contributed by atoms with Gasteiger partial charge in [0.1, 0.15) is 0 Å². The summed E-state index contributed by atoms with van der Waals surface area (Å²) in [5.74, 6) is 0.832. The molecule has 13 heteroatoms. The zero-order valence-corrected chi connectivity index (χ0v) is 27.9. The van der Waals surface area contributed by atoms with Crippen molar-refractivity contribution in [2.45, 2.75) is 95.9 Å². The third-order valence-corrected chi connectivity index (χ3v) is 8.52. The van der Waals surface area contributed by atoms with Crippen LogP contribution < -0.4 is 103 Å². The van der Waals surface area contributed by atoms with Gasteiger partial charge in [-0.25, -0.2) is 16.8 Å². The number of rotatable bonds is 9. The first-order chi connectivity index (χ1) is 13.0. The number of halogens is 3. The van der Waals surface area contributed by atoms with Crippen molar-refractivity contribution in [2.75, 3.05) is 5.75 Å². The number of unbranched alkanes of at least 4 members (excludes halogenated alkanes) is 1. The summed E-state index contributed by atoms with van der Waals surface area (Å²) in [5, 5.41) is 0. The Morgan fingerprint density at radius 3 is 1.58 bits per heavy atom. The average Bonchev–Trinajstić information content (AvgIpc) is 3.25. The Bertz CT molecular complexity index is 664. The standard InChI is InChI=1S/C9H15F3NO4S2.C9H18.Fe.2K.2H/c10-9(11,12)19(16,17)13-18(14,15)7-3-6-8-4-1-2-5-8;1-2-3-6-9-7-4-5-8-9;;;;;/h8H,1-7H2;9H,2-8H2,1H3;;;;;/q-1;;;2*+1;2*-1. The average molecular weight is 585 g/mol. The van der Waals surface area contributed by atoms with Crippen LogP contribution in [0.5, 0.6) is 0 Å². The third kappa shape index (κ3) is 17.5. The van der Waals surface area contributed by atoms with E-state index in [-0.39, 0.29) is 129 Å². The minimum Gasteiger partial charge on any atom is -1.00 e. The number of hydrogen-bond donors (Lipinski definition) is 0. The van der Waals surface area contributed by atoms with Crippen LogP contribution in [0.4, 0.5) is 13.2 Å². The van der Waals surface area contributed by atoms with Crippen LogP contribution in [-0.2, 0) is 37.1 Å². The van der Waals surface area contributed by atoms with Crippen LogP contribution in [0.3, 0.4) is 0 Å². The molecule has 5 nitrogen and oxygen atoms in total. The van der Waals surface area contributed by atoms with E-state index in [1.54, 1.807) is 0 Å². The van der Waals surface area contributed by atoms with E-state index in [4.69, 9.17) is 0 Å². The molecule has 0 aliphatic heterocycles. The Labute approximate surface area is 285 Å². The molecule has 0 amide bonds. The molecule has 2 saturated carbocycles. The van der Waals surface area contributed by atoms with Gasteiger partial charge < -0.3 is 6.98 Å². The summed E-state index contributed by atoms with van der Waals surface area (Å²) in [6, 6.07) is 0. The zero-order chi connectivity index (χ0) is 21.3. The molecule has 0 N–H and O–H groups in total. The van der Waals surface area contributed by atoms with Gasteiger partial charge in [0, 0.05) is 22.8 Å². The summed E-state index contributed by atoms with van der Waals surface area (Å²) in [4.78, 5) is 0. The molecule has 0 radical (unpaired) electrons. The Balaban J connectivity index is -0.000000162. The number of nitrogens with zero attached hydrogens (tertiary/aromatic N) is 1. The molecule has 0 aromatic rings.